The summed E-state index contributed by atoms with van der Waals surface area (Å²) in [6.45, 7) is 5.02. The molecule has 0 aliphatic heterocycles. The van der Waals surface area contributed by atoms with E-state index in [1.54, 1.807) is 20.0 Å². The van der Waals surface area contributed by atoms with Crippen LogP contribution in [0.25, 0.3) is 0 Å². The summed E-state index contributed by atoms with van der Waals surface area (Å²) in [7, 11) is 0. The number of aryl methyl sites for hydroxylation is 1. The molecule has 1 N–H and O–H groups in total. The van der Waals surface area contributed by atoms with Crippen molar-refractivity contribution in [3.8, 4) is 0 Å². The molecule has 0 bridgehead atoms. The van der Waals surface area contributed by atoms with Gasteiger partial charge in [-0.05, 0) is 45.2 Å². The first-order valence-electron chi connectivity index (χ1n) is 6.87. The highest BCUT2D eigenvalue weighted by molar-refractivity contribution is 7.98. The van der Waals surface area contributed by atoms with Crippen LogP contribution in [-0.4, -0.2) is 28.5 Å². The van der Waals surface area contributed by atoms with Crippen molar-refractivity contribution in [2.45, 2.75) is 39.7 Å². The van der Waals surface area contributed by atoms with Gasteiger partial charge in [-0.3, -0.25) is 15.1 Å². The molecule has 0 saturated carbocycles. The van der Waals surface area contributed by atoms with Crippen molar-refractivity contribution in [2.75, 3.05) is 18.6 Å². The lowest BCUT2D eigenvalue weighted by molar-refractivity contribution is -0.386. The monoisotopic (exact) mass is 297 g/mol. The summed E-state index contributed by atoms with van der Waals surface area (Å²) in [5, 5.41) is 14.3. The molecule has 6 heteroatoms. The number of unbranched alkanes of at least 4 members (excludes halogenated alkanes) is 2. The van der Waals surface area contributed by atoms with Crippen molar-refractivity contribution in [3.05, 3.63) is 33.1 Å². The highest BCUT2D eigenvalue weighted by Crippen LogP contribution is 2.23. The lowest BCUT2D eigenvalue weighted by Gasteiger charge is -2.08. The Hall–Kier alpha value is -1.14. The fourth-order valence-corrected chi connectivity index (χ4v) is 2.60. The first-order valence-corrected chi connectivity index (χ1v) is 8.26. The second-order valence-corrected chi connectivity index (χ2v) is 5.83. The van der Waals surface area contributed by atoms with Gasteiger partial charge in [0, 0.05) is 23.9 Å². The zero-order chi connectivity index (χ0) is 15.0. The molecule has 5 nitrogen and oxygen atoms in total. The first-order chi connectivity index (χ1) is 9.57. The van der Waals surface area contributed by atoms with E-state index in [0.29, 0.717) is 17.7 Å². The number of aromatic nitrogens is 1. The number of nitrogens with one attached hydrogen (secondary N) is 1. The zero-order valence-electron chi connectivity index (χ0n) is 12.4. The Morgan fingerprint density at radius 1 is 1.35 bits per heavy atom. The normalized spacial score (nSPS) is 10.8. The molecule has 0 fully saturated rings. The summed E-state index contributed by atoms with van der Waals surface area (Å²) in [5.74, 6) is 1.21. The highest BCUT2D eigenvalue weighted by atomic mass is 32.2. The van der Waals surface area contributed by atoms with Gasteiger partial charge in [-0.25, -0.2) is 0 Å². The molecule has 0 spiro atoms. The topological polar surface area (TPSA) is 68.1 Å². The third-order valence-electron chi connectivity index (χ3n) is 3.25. The number of pyridine rings is 1. The summed E-state index contributed by atoms with van der Waals surface area (Å²) in [6.07, 6.45) is 7.30. The van der Waals surface area contributed by atoms with Crippen molar-refractivity contribution >= 4 is 17.4 Å². The second kappa shape index (κ2) is 8.92. The molecule has 0 amide bonds. The van der Waals surface area contributed by atoms with Gasteiger partial charge in [0.05, 0.1) is 10.6 Å². The van der Waals surface area contributed by atoms with E-state index in [-0.39, 0.29) is 10.6 Å². The Balaban J connectivity index is 2.45. The van der Waals surface area contributed by atoms with Crippen LogP contribution in [0.15, 0.2) is 6.20 Å². The van der Waals surface area contributed by atoms with Crippen molar-refractivity contribution in [1.29, 1.82) is 0 Å². The molecule has 1 aromatic rings. The van der Waals surface area contributed by atoms with Crippen LogP contribution in [0.2, 0.25) is 0 Å². The van der Waals surface area contributed by atoms with E-state index in [4.69, 9.17) is 0 Å². The maximum atomic E-state index is 11.0. The quantitative estimate of drug-likeness (QED) is 0.430. The van der Waals surface area contributed by atoms with Crippen molar-refractivity contribution in [2.24, 2.45) is 0 Å². The molecule has 0 unspecified atom stereocenters. The van der Waals surface area contributed by atoms with E-state index in [1.807, 2.05) is 11.8 Å². The molecule has 0 aliphatic rings. The molecule has 0 radical (unpaired) electrons. The molecule has 0 saturated heterocycles. The van der Waals surface area contributed by atoms with Gasteiger partial charge in [0.15, 0.2) is 0 Å². The number of hydrogen-bond acceptors (Lipinski definition) is 5. The molecule has 1 aromatic heterocycles. The fraction of sp³-hybridized carbons (Fsp3) is 0.643. The minimum Gasteiger partial charge on any atom is -0.311 e. The van der Waals surface area contributed by atoms with Gasteiger partial charge in [0.25, 0.3) is 5.69 Å². The first kappa shape index (κ1) is 16.9. The fourth-order valence-electron chi connectivity index (χ4n) is 2.10. The van der Waals surface area contributed by atoms with Gasteiger partial charge >= 0.3 is 0 Å². The summed E-state index contributed by atoms with van der Waals surface area (Å²) < 4.78 is 0. The Labute approximate surface area is 124 Å². The van der Waals surface area contributed by atoms with Crippen LogP contribution in [0, 0.1) is 24.0 Å². The SMILES string of the molecule is CSCCCCCNCc1ncc(C)c([N+](=O)[O-])c1C. The van der Waals surface area contributed by atoms with Gasteiger partial charge in [-0.1, -0.05) is 6.42 Å². The van der Waals surface area contributed by atoms with Crippen LogP contribution >= 0.6 is 11.8 Å². The van der Waals surface area contributed by atoms with Crippen LogP contribution in [0.1, 0.15) is 36.1 Å². The molecule has 112 valence electrons. The summed E-state index contributed by atoms with van der Waals surface area (Å²) in [5.41, 5.74) is 2.25. The number of hydrogen-bond donors (Lipinski definition) is 1. The number of nitro groups is 1. The molecule has 1 heterocycles. The average molecular weight is 297 g/mol. The second-order valence-electron chi connectivity index (χ2n) is 4.85. The van der Waals surface area contributed by atoms with Crippen molar-refractivity contribution < 1.29 is 4.92 Å². The van der Waals surface area contributed by atoms with Crippen LogP contribution in [0.4, 0.5) is 5.69 Å². The third kappa shape index (κ3) is 5.09. The van der Waals surface area contributed by atoms with Crippen LogP contribution in [-0.2, 0) is 6.54 Å². The molecular formula is C14H23N3O2S. The lowest BCUT2D eigenvalue weighted by Crippen LogP contribution is -2.17. The van der Waals surface area contributed by atoms with E-state index in [2.05, 4.69) is 16.6 Å². The molecule has 0 aromatic carbocycles. The van der Waals surface area contributed by atoms with Crippen LogP contribution < -0.4 is 5.32 Å². The van der Waals surface area contributed by atoms with Gasteiger partial charge in [-0.15, -0.1) is 0 Å². The molecule has 0 atom stereocenters. The maximum absolute atomic E-state index is 11.0. The number of nitrogens with zero attached hydrogens (tertiary/aromatic N) is 2. The van der Waals surface area contributed by atoms with E-state index in [1.165, 1.54) is 18.6 Å². The van der Waals surface area contributed by atoms with Crippen LogP contribution in [0.5, 0.6) is 0 Å². The standard InChI is InChI=1S/C14H23N3O2S/c1-11-9-16-13(12(2)14(11)17(18)19)10-15-7-5-4-6-8-20-3/h9,15H,4-8,10H2,1-3H3. The number of rotatable bonds is 9. The van der Waals surface area contributed by atoms with E-state index in [0.717, 1.165) is 18.7 Å². The molecule has 1 rings (SSSR count). The zero-order valence-corrected chi connectivity index (χ0v) is 13.3. The minimum absolute atomic E-state index is 0.191. The van der Waals surface area contributed by atoms with Crippen molar-refractivity contribution in [3.63, 3.8) is 0 Å². The largest absolute Gasteiger partial charge is 0.311 e. The summed E-state index contributed by atoms with van der Waals surface area (Å²) in [4.78, 5) is 15.0. The minimum atomic E-state index is -0.321. The van der Waals surface area contributed by atoms with Gasteiger partial charge in [0.2, 0.25) is 0 Å². The van der Waals surface area contributed by atoms with E-state index >= 15 is 0 Å². The molecular weight excluding hydrogens is 274 g/mol. The maximum Gasteiger partial charge on any atom is 0.278 e. The Morgan fingerprint density at radius 2 is 2.10 bits per heavy atom. The summed E-state index contributed by atoms with van der Waals surface area (Å²) in [6, 6.07) is 0. The molecule has 20 heavy (non-hydrogen) atoms. The smallest absolute Gasteiger partial charge is 0.278 e. The molecule has 0 aliphatic carbocycles. The van der Waals surface area contributed by atoms with Gasteiger partial charge in [0.1, 0.15) is 0 Å². The van der Waals surface area contributed by atoms with Gasteiger partial charge < -0.3 is 5.32 Å². The van der Waals surface area contributed by atoms with Crippen molar-refractivity contribution in [1.82, 2.24) is 10.3 Å². The van der Waals surface area contributed by atoms with Crippen LogP contribution in [0.3, 0.4) is 0 Å². The predicted octanol–water partition coefficient (Wildman–Crippen LogP) is 3.23. The summed E-state index contributed by atoms with van der Waals surface area (Å²) >= 11 is 1.88. The number of thioether (sulfide) groups is 1. The third-order valence-corrected chi connectivity index (χ3v) is 3.95. The predicted molar refractivity (Wildman–Crippen MR) is 84.3 cm³/mol. The highest BCUT2D eigenvalue weighted by Gasteiger charge is 2.18. The van der Waals surface area contributed by atoms with E-state index in [9.17, 15) is 10.1 Å². The van der Waals surface area contributed by atoms with Gasteiger partial charge in [-0.2, -0.15) is 11.8 Å². The van der Waals surface area contributed by atoms with E-state index < -0.39 is 0 Å². The lowest BCUT2D eigenvalue weighted by atomic mass is 10.1. The average Bonchev–Trinajstić information content (AvgIpc) is 2.39. The Kier molecular flexibility index (Phi) is 7.54. The Morgan fingerprint density at radius 3 is 2.75 bits per heavy atom. The Bertz CT molecular complexity index is 452.